The maximum Gasteiger partial charge on any atom is 0.416 e. The summed E-state index contributed by atoms with van der Waals surface area (Å²) in [4.78, 5) is 34.0. The van der Waals surface area contributed by atoms with Gasteiger partial charge in [0.15, 0.2) is 0 Å². The molecule has 1 atom stereocenters. The molecule has 166 valence electrons. The van der Waals surface area contributed by atoms with Crippen LogP contribution in [-0.2, 0) is 11.0 Å². The maximum atomic E-state index is 12.7. The SMILES string of the molecule is Cc1nc([C@@H]2CCN(C(=O)CCCOc3cccc(C(F)(F)F)c3)C2)ncc1C(N)=O. The Kier molecular flexibility index (Phi) is 6.77. The third kappa shape index (κ3) is 5.71. The van der Waals surface area contributed by atoms with Crippen molar-refractivity contribution in [3.05, 3.63) is 53.1 Å². The second-order valence-corrected chi connectivity index (χ2v) is 7.39. The van der Waals surface area contributed by atoms with Crippen LogP contribution in [0.15, 0.2) is 30.5 Å². The fraction of sp³-hybridized carbons (Fsp3) is 0.429. The Morgan fingerprint density at radius 2 is 2.10 bits per heavy atom. The van der Waals surface area contributed by atoms with Gasteiger partial charge in [0.05, 0.1) is 23.4 Å². The van der Waals surface area contributed by atoms with Gasteiger partial charge < -0.3 is 15.4 Å². The first kappa shape index (κ1) is 22.5. The van der Waals surface area contributed by atoms with Crippen molar-refractivity contribution in [2.75, 3.05) is 19.7 Å². The Morgan fingerprint density at radius 1 is 1.32 bits per heavy atom. The Labute approximate surface area is 177 Å². The number of aromatic nitrogens is 2. The van der Waals surface area contributed by atoms with Crippen molar-refractivity contribution in [3.8, 4) is 5.75 Å². The molecule has 0 bridgehead atoms. The van der Waals surface area contributed by atoms with Crippen LogP contribution in [0.4, 0.5) is 13.2 Å². The third-order valence-corrected chi connectivity index (χ3v) is 5.13. The van der Waals surface area contributed by atoms with Crippen molar-refractivity contribution in [3.63, 3.8) is 0 Å². The van der Waals surface area contributed by atoms with Gasteiger partial charge in [-0.1, -0.05) is 6.07 Å². The standard InChI is InChI=1S/C21H23F3N4O3/c1-13-17(19(25)30)11-26-20(27-13)14-7-8-28(12-14)18(29)6-3-9-31-16-5-2-4-15(10-16)21(22,23)24/h2,4-5,10-11,14H,3,6-9,12H2,1H3,(H2,25,30)/t14-/m1/s1. The van der Waals surface area contributed by atoms with Crippen LogP contribution < -0.4 is 10.5 Å². The molecule has 1 saturated heterocycles. The number of carbonyl (C=O) groups is 2. The third-order valence-electron chi connectivity index (χ3n) is 5.13. The lowest BCUT2D eigenvalue weighted by molar-refractivity contribution is -0.137. The van der Waals surface area contributed by atoms with Crippen molar-refractivity contribution in [1.82, 2.24) is 14.9 Å². The lowest BCUT2D eigenvalue weighted by Gasteiger charge is -2.16. The van der Waals surface area contributed by atoms with Gasteiger partial charge in [0.25, 0.3) is 5.91 Å². The zero-order valence-corrected chi connectivity index (χ0v) is 17.0. The molecule has 1 aliphatic rings. The van der Waals surface area contributed by atoms with E-state index in [1.54, 1.807) is 11.8 Å². The summed E-state index contributed by atoms with van der Waals surface area (Å²) in [7, 11) is 0. The van der Waals surface area contributed by atoms with Crippen LogP contribution in [0.1, 0.15) is 52.6 Å². The minimum atomic E-state index is -4.43. The van der Waals surface area contributed by atoms with E-state index in [4.69, 9.17) is 10.5 Å². The van der Waals surface area contributed by atoms with E-state index in [0.717, 1.165) is 12.1 Å². The number of alkyl halides is 3. The number of nitrogens with zero attached hydrogens (tertiary/aromatic N) is 3. The fourth-order valence-electron chi connectivity index (χ4n) is 3.45. The molecule has 0 saturated carbocycles. The monoisotopic (exact) mass is 436 g/mol. The molecule has 31 heavy (non-hydrogen) atoms. The molecule has 7 nitrogen and oxygen atoms in total. The molecule has 0 unspecified atom stereocenters. The topological polar surface area (TPSA) is 98.4 Å². The summed E-state index contributed by atoms with van der Waals surface area (Å²) in [5.41, 5.74) is 5.28. The van der Waals surface area contributed by atoms with Gasteiger partial charge in [-0.3, -0.25) is 9.59 Å². The molecule has 10 heteroatoms. The van der Waals surface area contributed by atoms with Gasteiger partial charge in [0.1, 0.15) is 11.6 Å². The Bertz CT molecular complexity index is 965. The smallest absolute Gasteiger partial charge is 0.416 e. The fourth-order valence-corrected chi connectivity index (χ4v) is 3.45. The van der Waals surface area contributed by atoms with Gasteiger partial charge in [-0.15, -0.1) is 0 Å². The molecule has 1 aromatic heterocycles. The number of carbonyl (C=O) groups excluding carboxylic acids is 2. The van der Waals surface area contributed by atoms with Crippen LogP contribution in [0.5, 0.6) is 5.75 Å². The van der Waals surface area contributed by atoms with Crippen LogP contribution in [0.2, 0.25) is 0 Å². The summed E-state index contributed by atoms with van der Waals surface area (Å²) in [5.74, 6) is 0.0345. The average Bonchev–Trinajstić information content (AvgIpc) is 3.21. The number of nitrogens with two attached hydrogens (primary N) is 1. The normalized spacial score (nSPS) is 16.4. The number of primary amides is 1. The first-order valence-corrected chi connectivity index (χ1v) is 9.86. The lowest BCUT2D eigenvalue weighted by Crippen LogP contribution is -2.28. The molecule has 1 aromatic carbocycles. The van der Waals surface area contributed by atoms with Gasteiger partial charge >= 0.3 is 6.18 Å². The molecule has 2 aromatic rings. The Hall–Kier alpha value is -3.17. The maximum absolute atomic E-state index is 12.7. The number of aryl methyl sites for hydroxylation is 1. The molecular weight excluding hydrogens is 413 g/mol. The van der Waals surface area contributed by atoms with Crippen LogP contribution in [0.25, 0.3) is 0 Å². The lowest BCUT2D eigenvalue weighted by atomic mass is 10.1. The molecule has 1 fully saturated rings. The van der Waals surface area contributed by atoms with Gasteiger partial charge in [-0.25, -0.2) is 9.97 Å². The molecule has 0 spiro atoms. The first-order valence-electron chi connectivity index (χ1n) is 9.86. The molecule has 0 aliphatic carbocycles. The average molecular weight is 436 g/mol. The molecule has 2 heterocycles. The van der Waals surface area contributed by atoms with E-state index in [9.17, 15) is 22.8 Å². The van der Waals surface area contributed by atoms with Gasteiger partial charge in [-0.05, 0) is 38.0 Å². The highest BCUT2D eigenvalue weighted by Gasteiger charge is 2.31. The minimum absolute atomic E-state index is 0.0223. The van der Waals surface area contributed by atoms with E-state index in [1.807, 2.05) is 0 Å². The molecule has 2 amide bonds. The van der Waals surface area contributed by atoms with E-state index in [-0.39, 0.29) is 36.2 Å². The van der Waals surface area contributed by atoms with Gasteiger partial charge in [0, 0.05) is 31.6 Å². The molecule has 1 aliphatic heterocycles. The van der Waals surface area contributed by atoms with E-state index >= 15 is 0 Å². The molecule has 0 radical (unpaired) electrons. The first-order chi connectivity index (χ1) is 14.6. The number of hydrogen-bond donors (Lipinski definition) is 1. The highest BCUT2D eigenvalue weighted by Crippen LogP contribution is 2.31. The highest BCUT2D eigenvalue weighted by atomic mass is 19.4. The summed E-state index contributed by atoms with van der Waals surface area (Å²) in [6, 6.07) is 4.66. The van der Waals surface area contributed by atoms with Crippen LogP contribution in [0, 0.1) is 6.92 Å². The highest BCUT2D eigenvalue weighted by molar-refractivity contribution is 5.93. The zero-order valence-electron chi connectivity index (χ0n) is 17.0. The number of halogens is 3. The zero-order chi connectivity index (χ0) is 22.6. The van der Waals surface area contributed by atoms with Crippen molar-refractivity contribution >= 4 is 11.8 Å². The van der Waals surface area contributed by atoms with E-state index in [1.165, 1.54) is 18.3 Å². The number of rotatable bonds is 7. The van der Waals surface area contributed by atoms with E-state index in [0.29, 0.717) is 37.4 Å². The molecular formula is C21H23F3N4O3. The summed E-state index contributed by atoms with van der Waals surface area (Å²) >= 11 is 0. The Morgan fingerprint density at radius 3 is 2.77 bits per heavy atom. The number of likely N-dealkylation sites (tertiary alicyclic amines) is 1. The second-order valence-electron chi connectivity index (χ2n) is 7.39. The quantitative estimate of drug-likeness (QED) is 0.673. The minimum Gasteiger partial charge on any atom is -0.494 e. The van der Waals surface area contributed by atoms with Crippen LogP contribution >= 0.6 is 0 Å². The molecule has 3 rings (SSSR count). The number of amides is 2. The van der Waals surface area contributed by atoms with Crippen molar-refractivity contribution in [1.29, 1.82) is 0 Å². The van der Waals surface area contributed by atoms with Gasteiger partial charge in [-0.2, -0.15) is 13.2 Å². The van der Waals surface area contributed by atoms with E-state index in [2.05, 4.69) is 9.97 Å². The summed E-state index contributed by atoms with van der Waals surface area (Å²) in [5, 5.41) is 0. The second kappa shape index (κ2) is 9.32. The van der Waals surface area contributed by atoms with Crippen molar-refractivity contribution in [2.45, 2.75) is 38.3 Å². The van der Waals surface area contributed by atoms with Crippen molar-refractivity contribution in [2.24, 2.45) is 5.73 Å². The number of ether oxygens (including phenoxy) is 1. The summed E-state index contributed by atoms with van der Waals surface area (Å²) in [6.45, 7) is 2.87. The number of benzene rings is 1. The largest absolute Gasteiger partial charge is 0.494 e. The van der Waals surface area contributed by atoms with E-state index < -0.39 is 17.6 Å². The van der Waals surface area contributed by atoms with Crippen LogP contribution in [-0.4, -0.2) is 46.4 Å². The van der Waals surface area contributed by atoms with Crippen molar-refractivity contribution < 1.29 is 27.5 Å². The predicted molar refractivity (Wildman–Crippen MR) is 105 cm³/mol. The van der Waals surface area contributed by atoms with Crippen LogP contribution in [0.3, 0.4) is 0 Å². The molecule has 2 N–H and O–H groups in total. The predicted octanol–water partition coefficient (Wildman–Crippen LogP) is 3.08. The summed E-state index contributed by atoms with van der Waals surface area (Å²) < 4.78 is 43.6. The summed E-state index contributed by atoms with van der Waals surface area (Å²) in [6.07, 6.45) is -1.69. The Balaban J connectivity index is 1.46. The number of hydrogen-bond acceptors (Lipinski definition) is 5. The van der Waals surface area contributed by atoms with Gasteiger partial charge in [0.2, 0.25) is 5.91 Å².